The third-order valence-corrected chi connectivity index (χ3v) is 5.55. The zero-order valence-corrected chi connectivity index (χ0v) is 15.2. The number of likely N-dealkylation sites (tertiary alicyclic amines) is 1. The minimum atomic E-state index is -4.56. The number of hydrogen-bond donors (Lipinski definition) is 1. The van der Waals surface area contributed by atoms with Gasteiger partial charge in [-0.05, 0) is 57.4 Å². The first-order chi connectivity index (χ1) is 14.4. The number of aromatic hydroxyl groups is 1. The third-order valence-electron chi connectivity index (χ3n) is 5.55. The van der Waals surface area contributed by atoms with Crippen molar-refractivity contribution in [3.8, 4) is 17.0 Å². The minimum absolute atomic E-state index is 0.0410. The summed E-state index contributed by atoms with van der Waals surface area (Å²) >= 11 is 0. The van der Waals surface area contributed by atoms with Crippen LogP contribution < -0.4 is 4.90 Å². The predicted molar refractivity (Wildman–Crippen MR) is 98.0 cm³/mol. The van der Waals surface area contributed by atoms with Crippen LogP contribution in [0, 0.1) is 12.8 Å². The maximum atomic E-state index is 12.8. The number of aromatic nitrogens is 3. The number of alkyl halides is 3. The maximum absolute atomic E-state index is 12.8. The minimum Gasteiger partial charge on any atom is -0.507 e. The quantitative estimate of drug-likeness (QED) is 0.842. The molecule has 9 heteroatoms. The summed E-state index contributed by atoms with van der Waals surface area (Å²) in [6.45, 7) is 1.07. The van der Waals surface area contributed by atoms with Gasteiger partial charge in [0.05, 0.1) is 11.3 Å². The highest BCUT2D eigenvalue weighted by Crippen LogP contribution is 2.37. The van der Waals surface area contributed by atoms with Gasteiger partial charge in [-0.25, -0.2) is 4.98 Å². The normalized spacial score (nSPS) is 25.1. The number of phenols is 1. The van der Waals surface area contributed by atoms with E-state index in [4.69, 9.17) is 4.11 Å². The van der Waals surface area contributed by atoms with Crippen molar-refractivity contribution in [1.82, 2.24) is 20.1 Å². The Morgan fingerprint density at radius 2 is 2.00 bits per heavy atom. The molecule has 2 saturated heterocycles. The average Bonchev–Trinajstić information content (AvgIpc) is 3.10. The molecule has 2 aliphatic heterocycles. The van der Waals surface area contributed by atoms with Gasteiger partial charge in [0.2, 0.25) is 5.95 Å². The van der Waals surface area contributed by atoms with Crippen LogP contribution in [0.15, 0.2) is 18.2 Å². The topological polar surface area (TPSA) is 65.4 Å². The van der Waals surface area contributed by atoms with Gasteiger partial charge in [-0.3, -0.25) is 0 Å². The Balaban J connectivity index is 1.60. The van der Waals surface area contributed by atoms with Crippen LogP contribution in [0.1, 0.15) is 28.2 Å². The smallest absolute Gasteiger partial charge is 0.416 e. The average molecular weight is 396 g/mol. The first-order valence-electron chi connectivity index (χ1n) is 10.6. The third kappa shape index (κ3) is 3.39. The Morgan fingerprint density at radius 3 is 2.68 bits per heavy atom. The van der Waals surface area contributed by atoms with Gasteiger partial charge in [0.1, 0.15) is 11.4 Å². The fourth-order valence-corrected chi connectivity index (χ4v) is 4.06. The van der Waals surface area contributed by atoms with E-state index in [1.54, 1.807) is 6.92 Å². The molecule has 0 amide bonds. The zero-order valence-electron chi connectivity index (χ0n) is 18.2. The molecule has 6 nitrogen and oxygen atoms in total. The molecular weight excluding hydrogens is 371 g/mol. The molecule has 0 unspecified atom stereocenters. The predicted octanol–water partition coefficient (Wildman–Crippen LogP) is 3.10. The number of fused-ring (bicyclic) bond motifs is 1. The number of halogens is 3. The number of likely N-dealkylation sites (N-methyl/N-ethyl adjacent to an activating group) is 1. The Kier molecular flexibility index (Phi) is 3.81. The molecule has 0 spiro atoms. The van der Waals surface area contributed by atoms with Gasteiger partial charge < -0.3 is 14.9 Å². The summed E-state index contributed by atoms with van der Waals surface area (Å²) in [6.07, 6.45) is -2.87. The second kappa shape index (κ2) is 6.88. The van der Waals surface area contributed by atoms with Crippen molar-refractivity contribution >= 4 is 5.95 Å². The number of hydrogen-bond acceptors (Lipinski definition) is 6. The van der Waals surface area contributed by atoms with Crippen molar-refractivity contribution in [3.63, 3.8) is 0 Å². The molecule has 0 saturated carbocycles. The molecule has 1 N–H and O–H groups in total. The molecule has 0 aliphatic carbocycles. The van der Waals surface area contributed by atoms with Crippen LogP contribution in [0.5, 0.6) is 5.75 Å². The molecule has 0 bridgehead atoms. The number of benzene rings is 1. The van der Waals surface area contributed by atoms with Crippen molar-refractivity contribution in [2.75, 3.05) is 31.5 Å². The van der Waals surface area contributed by atoms with Gasteiger partial charge in [-0.2, -0.15) is 13.2 Å². The van der Waals surface area contributed by atoms with E-state index in [0.717, 1.165) is 25.0 Å². The first-order valence-corrected chi connectivity index (χ1v) is 9.09. The van der Waals surface area contributed by atoms with Crippen LogP contribution in [0.2, 0.25) is 0 Å². The fraction of sp³-hybridized carbons (Fsp3) is 0.526. The summed E-state index contributed by atoms with van der Waals surface area (Å²) < 4.78 is 61.6. The van der Waals surface area contributed by atoms with Crippen LogP contribution in [-0.4, -0.2) is 57.8 Å². The summed E-state index contributed by atoms with van der Waals surface area (Å²) in [6, 6.07) is 2.64. The van der Waals surface area contributed by atoms with Crippen molar-refractivity contribution in [1.29, 1.82) is 0 Å². The highest BCUT2D eigenvalue weighted by Gasteiger charge is 2.39. The molecule has 2 atom stereocenters. The van der Waals surface area contributed by atoms with Crippen LogP contribution in [-0.2, 0) is 6.18 Å². The molecule has 28 heavy (non-hydrogen) atoms. The van der Waals surface area contributed by atoms with Gasteiger partial charge in [0.15, 0.2) is 0 Å². The molecular formula is C19H22F3N5O. The van der Waals surface area contributed by atoms with E-state index in [0.29, 0.717) is 43.3 Å². The lowest BCUT2D eigenvalue weighted by Gasteiger charge is -2.36. The monoisotopic (exact) mass is 396 g/mol. The summed E-state index contributed by atoms with van der Waals surface area (Å²) in [5.74, 6) is 0.150. The van der Waals surface area contributed by atoms with Gasteiger partial charge in [-0.15, -0.1) is 10.2 Å². The van der Waals surface area contributed by atoms with Gasteiger partial charge in [0.25, 0.3) is 0 Å². The SMILES string of the molecule is [2H]C([2H])([2H])N1CC[C@H]2CCN(c3nnc(-c4ccc(C(F)(F)F)cc4O)c(C)n3)[C@H]2C1. The second-order valence-electron chi connectivity index (χ2n) is 7.32. The molecule has 2 fully saturated rings. The highest BCUT2D eigenvalue weighted by molar-refractivity contribution is 5.69. The molecule has 1 aromatic carbocycles. The van der Waals surface area contributed by atoms with E-state index in [9.17, 15) is 18.3 Å². The van der Waals surface area contributed by atoms with Gasteiger partial charge in [0, 0.05) is 28.8 Å². The summed E-state index contributed by atoms with van der Waals surface area (Å²) in [5.41, 5.74) is -0.240. The van der Waals surface area contributed by atoms with Crippen LogP contribution >= 0.6 is 0 Å². The Hall–Kier alpha value is -2.42. The highest BCUT2D eigenvalue weighted by atomic mass is 19.4. The lowest BCUT2D eigenvalue weighted by atomic mass is 9.92. The molecule has 4 rings (SSSR count). The Labute approximate surface area is 165 Å². The number of aryl methyl sites for hydroxylation is 1. The first kappa shape index (κ1) is 15.5. The van der Waals surface area contributed by atoms with Crippen molar-refractivity contribution in [3.05, 3.63) is 29.5 Å². The molecule has 1 aromatic heterocycles. The van der Waals surface area contributed by atoms with E-state index in [1.165, 1.54) is 4.90 Å². The van der Waals surface area contributed by atoms with E-state index in [-0.39, 0.29) is 17.3 Å². The molecule has 150 valence electrons. The summed E-state index contributed by atoms with van der Waals surface area (Å²) in [5, 5.41) is 18.4. The maximum Gasteiger partial charge on any atom is 0.416 e. The standard InChI is InChI=1S/C19H22F3N5O/c1-11-17(14-4-3-13(9-16(14)28)19(20,21)22)24-25-18(23-11)27-8-6-12-5-7-26(2)10-15(12)27/h3-4,9,12,15,28H,5-8,10H2,1-2H3/t12-,15-/m0/s1/i2D3. The van der Waals surface area contributed by atoms with E-state index < -0.39 is 24.5 Å². The lowest BCUT2D eigenvalue weighted by Crippen LogP contribution is -2.47. The van der Waals surface area contributed by atoms with E-state index in [1.807, 2.05) is 4.90 Å². The van der Waals surface area contributed by atoms with Crippen molar-refractivity contribution in [2.24, 2.45) is 5.92 Å². The van der Waals surface area contributed by atoms with Crippen molar-refractivity contribution in [2.45, 2.75) is 32.0 Å². The number of nitrogens with zero attached hydrogens (tertiary/aromatic N) is 5. The van der Waals surface area contributed by atoms with Crippen molar-refractivity contribution < 1.29 is 22.4 Å². The molecule has 2 aliphatic rings. The Morgan fingerprint density at radius 1 is 1.21 bits per heavy atom. The number of piperidine rings is 1. The van der Waals surface area contributed by atoms with E-state index in [2.05, 4.69) is 15.2 Å². The zero-order chi connectivity index (χ0) is 22.6. The second-order valence-corrected chi connectivity index (χ2v) is 7.32. The van der Waals surface area contributed by atoms with Gasteiger partial charge in [-0.1, -0.05) is 0 Å². The number of phenolic OH excluding ortho intramolecular Hbond substituents is 1. The number of anilines is 1. The van der Waals surface area contributed by atoms with Crippen LogP contribution in [0.3, 0.4) is 0 Å². The fourth-order valence-electron chi connectivity index (χ4n) is 4.06. The molecule has 0 radical (unpaired) electrons. The molecule has 2 aromatic rings. The summed E-state index contributed by atoms with van der Waals surface area (Å²) in [7, 11) is 0. The van der Waals surface area contributed by atoms with E-state index >= 15 is 0 Å². The van der Waals surface area contributed by atoms with Crippen LogP contribution in [0.25, 0.3) is 11.3 Å². The largest absolute Gasteiger partial charge is 0.507 e. The number of rotatable bonds is 2. The van der Waals surface area contributed by atoms with Crippen LogP contribution in [0.4, 0.5) is 19.1 Å². The summed E-state index contributed by atoms with van der Waals surface area (Å²) in [4.78, 5) is 7.93. The Bertz CT molecular complexity index is 985. The van der Waals surface area contributed by atoms with Gasteiger partial charge >= 0.3 is 6.18 Å². The lowest BCUT2D eigenvalue weighted by molar-refractivity contribution is -0.137. The molecule has 3 heterocycles.